The Bertz CT molecular complexity index is 466. The fraction of sp³-hybridized carbons (Fsp3) is 0.562. The second kappa shape index (κ2) is 5.12. The minimum atomic E-state index is -0.0159. The molecule has 0 N–H and O–H groups in total. The molecule has 1 aliphatic carbocycles. The molecule has 0 saturated heterocycles. The number of hydrogen-bond donors (Lipinski definition) is 0. The summed E-state index contributed by atoms with van der Waals surface area (Å²) in [6.45, 7) is 6.27. The SMILES string of the molecule is Cc1ccc(CCN(C)CC2(C#N)CC2)cc1C. The molecule has 1 aromatic carbocycles. The van der Waals surface area contributed by atoms with E-state index in [2.05, 4.69) is 50.1 Å². The number of aryl methyl sites for hydroxylation is 2. The fourth-order valence-electron chi connectivity index (χ4n) is 2.33. The molecule has 1 aromatic rings. The van der Waals surface area contributed by atoms with Crippen LogP contribution >= 0.6 is 0 Å². The zero-order valence-corrected chi connectivity index (χ0v) is 11.7. The third-order valence-corrected chi connectivity index (χ3v) is 4.02. The first-order valence-electron chi connectivity index (χ1n) is 6.71. The minimum Gasteiger partial charge on any atom is -0.304 e. The molecule has 0 radical (unpaired) electrons. The number of nitrogens with zero attached hydrogens (tertiary/aromatic N) is 2. The molecule has 0 heterocycles. The van der Waals surface area contributed by atoms with E-state index in [0.717, 1.165) is 32.4 Å². The van der Waals surface area contributed by atoms with Gasteiger partial charge in [-0.3, -0.25) is 0 Å². The van der Waals surface area contributed by atoms with Gasteiger partial charge in [0.25, 0.3) is 0 Å². The molecule has 18 heavy (non-hydrogen) atoms. The first-order chi connectivity index (χ1) is 8.54. The number of hydrogen-bond acceptors (Lipinski definition) is 2. The Hall–Kier alpha value is -1.33. The van der Waals surface area contributed by atoms with Crippen LogP contribution in [0, 0.1) is 30.6 Å². The van der Waals surface area contributed by atoms with Crippen molar-refractivity contribution in [3.8, 4) is 6.07 Å². The molecule has 0 aliphatic heterocycles. The van der Waals surface area contributed by atoms with E-state index >= 15 is 0 Å². The summed E-state index contributed by atoms with van der Waals surface area (Å²) < 4.78 is 0. The Morgan fingerprint density at radius 1 is 1.28 bits per heavy atom. The molecule has 1 fully saturated rings. The van der Waals surface area contributed by atoms with E-state index in [1.165, 1.54) is 16.7 Å². The van der Waals surface area contributed by atoms with Gasteiger partial charge in [-0.25, -0.2) is 0 Å². The van der Waals surface area contributed by atoms with Gasteiger partial charge in [-0.05, 0) is 56.8 Å². The molecule has 0 bridgehead atoms. The van der Waals surface area contributed by atoms with Crippen LogP contribution in [0.5, 0.6) is 0 Å². The summed E-state index contributed by atoms with van der Waals surface area (Å²) in [5.41, 5.74) is 4.10. The molecule has 1 aliphatic rings. The van der Waals surface area contributed by atoms with Crippen molar-refractivity contribution in [2.24, 2.45) is 5.41 Å². The van der Waals surface area contributed by atoms with Crippen molar-refractivity contribution in [2.45, 2.75) is 33.1 Å². The minimum absolute atomic E-state index is 0.0159. The summed E-state index contributed by atoms with van der Waals surface area (Å²) in [7, 11) is 2.12. The van der Waals surface area contributed by atoms with Gasteiger partial charge >= 0.3 is 0 Å². The summed E-state index contributed by atoms with van der Waals surface area (Å²) in [5.74, 6) is 0. The van der Waals surface area contributed by atoms with Crippen LogP contribution < -0.4 is 0 Å². The first-order valence-corrected chi connectivity index (χ1v) is 6.71. The molecule has 0 amide bonds. The maximum absolute atomic E-state index is 9.08. The number of rotatable bonds is 5. The van der Waals surface area contributed by atoms with Crippen molar-refractivity contribution in [2.75, 3.05) is 20.1 Å². The topological polar surface area (TPSA) is 27.0 Å². The second-order valence-electron chi connectivity index (χ2n) is 5.80. The van der Waals surface area contributed by atoms with Crippen molar-refractivity contribution in [1.82, 2.24) is 4.90 Å². The maximum Gasteiger partial charge on any atom is 0.0703 e. The number of likely N-dealkylation sites (N-methyl/N-ethyl adjacent to an activating group) is 1. The summed E-state index contributed by atoms with van der Waals surface area (Å²) in [4.78, 5) is 2.30. The third-order valence-electron chi connectivity index (χ3n) is 4.02. The van der Waals surface area contributed by atoms with Gasteiger partial charge in [0, 0.05) is 13.1 Å². The molecular weight excluding hydrogens is 220 g/mol. The lowest BCUT2D eigenvalue weighted by atomic mass is 10.0. The van der Waals surface area contributed by atoms with Gasteiger partial charge in [-0.2, -0.15) is 5.26 Å². The fourth-order valence-corrected chi connectivity index (χ4v) is 2.33. The van der Waals surface area contributed by atoms with Crippen LogP contribution in [0.25, 0.3) is 0 Å². The summed E-state index contributed by atoms with van der Waals surface area (Å²) >= 11 is 0. The van der Waals surface area contributed by atoms with E-state index < -0.39 is 0 Å². The smallest absolute Gasteiger partial charge is 0.0703 e. The predicted molar refractivity (Wildman–Crippen MR) is 74.4 cm³/mol. The molecule has 2 heteroatoms. The predicted octanol–water partition coefficient (Wildman–Crippen LogP) is 3.08. The van der Waals surface area contributed by atoms with Crippen LogP contribution in [0.15, 0.2) is 18.2 Å². The molecule has 0 unspecified atom stereocenters. The molecule has 0 atom stereocenters. The Kier molecular flexibility index (Phi) is 3.73. The van der Waals surface area contributed by atoms with Crippen LogP contribution in [-0.4, -0.2) is 25.0 Å². The highest BCUT2D eigenvalue weighted by Gasteiger charge is 2.43. The van der Waals surface area contributed by atoms with Crippen molar-refractivity contribution in [1.29, 1.82) is 5.26 Å². The molecule has 96 valence electrons. The molecule has 1 saturated carbocycles. The highest BCUT2D eigenvalue weighted by molar-refractivity contribution is 5.30. The Labute approximate surface area is 110 Å². The van der Waals surface area contributed by atoms with Gasteiger partial charge in [-0.15, -0.1) is 0 Å². The van der Waals surface area contributed by atoms with Crippen LogP contribution in [0.2, 0.25) is 0 Å². The Morgan fingerprint density at radius 2 is 2.00 bits per heavy atom. The molecule has 2 rings (SSSR count). The van der Waals surface area contributed by atoms with Gasteiger partial charge in [0.05, 0.1) is 11.5 Å². The van der Waals surface area contributed by atoms with Crippen molar-refractivity contribution < 1.29 is 0 Å². The highest BCUT2D eigenvalue weighted by atomic mass is 15.1. The Balaban J connectivity index is 1.84. The maximum atomic E-state index is 9.08. The molecule has 2 nitrogen and oxygen atoms in total. The number of nitriles is 1. The summed E-state index contributed by atoms with van der Waals surface area (Å²) in [5, 5.41) is 9.08. The van der Waals surface area contributed by atoms with E-state index in [9.17, 15) is 0 Å². The van der Waals surface area contributed by atoms with E-state index in [1.54, 1.807) is 0 Å². The van der Waals surface area contributed by atoms with Gasteiger partial charge in [0.15, 0.2) is 0 Å². The average Bonchev–Trinajstić information content (AvgIpc) is 3.11. The van der Waals surface area contributed by atoms with Crippen LogP contribution in [0.4, 0.5) is 0 Å². The second-order valence-corrected chi connectivity index (χ2v) is 5.80. The molecule has 0 aromatic heterocycles. The zero-order valence-electron chi connectivity index (χ0n) is 11.7. The standard InChI is InChI=1S/C16H22N2/c1-13-4-5-15(10-14(13)2)6-9-18(3)12-16(11-17)7-8-16/h4-5,10H,6-9,12H2,1-3H3. The van der Waals surface area contributed by atoms with Gasteiger partial charge in [0.2, 0.25) is 0 Å². The normalized spacial score (nSPS) is 16.6. The monoisotopic (exact) mass is 242 g/mol. The summed E-state index contributed by atoms with van der Waals surface area (Å²) in [6, 6.07) is 9.15. The van der Waals surface area contributed by atoms with Crippen molar-refractivity contribution in [3.05, 3.63) is 34.9 Å². The summed E-state index contributed by atoms with van der Waals surface area (Å²) in [6.07, 6.45) is 3.23. The van der Waals surface area contributed by atoms with Gasteiger partial charge in [-0.1, -0.05) is 18.2 Å². The van der Waals surface area contributed by atoms with Gasteiger partial charge < -0.3 is 4.90 Å². The molecular formula is C16H22N2. The first kappa shape index (κ1) is 13.1. The Morgan fingerprint density at radius 3 is 2.56 bits per heavy atom. The van der Waals surface area contributed by atoms with E-state index in [0.29, 0.717) is 0 Å². The van der Waals surface area contributed by atoms with Gasteiger partial charge in [0.1, 0.15) is 0 Å². The van der Waals surface area contributed by atoms with Crippen molar-refractivity contribution >= 4 is 0 Å². The lowest BCUT2D eigenvalue weighted by Gasteiger charge is -2.19. The van der Waals surface area contributed by atoms with Crippen LogP contribution in [-0.2, 0) is 6.42 Å². The lowest BCUT2D eigenvalue weighted by molar-refractivity contribution is 0.297. The third kappa shape index (κ3) is 3.11. The van der Waals surface area contributed by atoms with E-state index in [1.807, 2.05) is 0 Å². The zero-order chi connectivity index (χ0) is 13.2. The lowest BCUT2D eigenvalue weighted by Crippen LogP contribution is -2.28. The molecule has 0 spiro atoms. The highest BCUT2D eigenvalue weighted by Crippen LogP contribution is 2.45. The van der Waals surface area contributed by atoms with E-state index in [4.69, 9.17) is 5.26 Å². The average molecular weight is 242 g/mol. The van der Waals surface area contributed by atoms with E-state index in [-0.39, 0.29) is 5.41 Å². The van der Waals surface area contributed by atoms with Crippen LogP contribution in [0.3, 0.4) is 0 Å². The number of benzene rings is 1. The van der Waals surface area contributed by atoms with Crippen molar-refractivity contribution in [3.63, 3.8) is 0 Å². The quantitative estimate of drug-likeness (QED) is 0.793. The van der Waals surface area contributed by atoms with Crippen LogP contribution in [0.1, 0.15) is 29.5 Å². The largest absolute Gasteiger partial charge is 0.304 e.